The smallest absolute Gasteiger partial charge is 0.260 e. The van der Waals surface area contributed by atoms with Gasteiger partial charge in [-0.15, -0.1) is 0 Å². The van der Waals surface area contributed by atoms with Crippen molar-refractivity contribution in [3.8, 4) is 23.0 Å². The van der Waals surface area contributed by atoms with Crippen molar-refractivity contribution in [2.75, 3.05) is 190 Å². The summed E-state index contributed by atoms with van der Waals surface area (Å²) < 4.78 is 68.0. The molecule has 0 bridgehead atoms. The monoisotopic (exact) mass is 1540 g/mol. The van der Waals surface area contributed by atoms with E-state index in [9.17, 15) is 38.4 Å². The molecular weight excluding hydrogens is 1430 g/mol. The summed E-state index contributed by atoms with van der Waals surface area (Å²) in [5.41, 5.74) is 7.28. The van der Waals surface area contributed by atoms with Crippen LogP contribution in [-0.4, -0.2) is 283 Å². The van der Waals surface area contributed by atoms with Gasteiger partial charge in [-0.05, 0) is 78.6 Å². The molecule has 6 aliphatic heterocycles. The number of benzene rings is 4. The molecule has 6 aliphatic rings. The summed E-state index contributed by atoms with van der Waals surface area (Å²) in [4.78, 5) is 122. The van der Waals surface area contributed by atoms with Gasteiger partial charge in [-0.3, -0.25) is 53.2 Å². The highest BCUT2D eigenvalue weighted by Gasteiger charge is 2.36. The predicted molar refractivity (Wildman–Crippen MR) is 413 cm³/mol. The number of fused-ring (bicyclic) bond motifs is 4. The lowest BCUT2D eigenvalue weighted by molar-refractivity contribution is -0.137. The van der Waals surface area contributed by atoms with Crippen LogP contribution < -0.4 is 45.1 Å². The number of aliphatic imine (C=N–C) groups is 2. The van der Waals surface area contributed by atoms with Crippen LogP contribution in [0.1, 0.15) is 84.7 Å². The molecule has 0 aliphatic carbocycles. The molecule has 4 aromatic rings. The first-order chi connectivity index (χ1) is 53.9. The van der Waals surface area contributed by atoms with Crippen LogP contribution in [0.3, 0.4) is 0 Å². The van der Waals surface area contributed by atoms with E-state index < -0.39 is 35.7 Å². The molecule has 31 nitrogen and oxygen atoms in total. The number of likely N-dealkylation sites (N-methyl/N-ethyl adjacent to an activating group) is 1. The van der Waals surface area contributed by atoms with Gasteiger partial charge < -0.3 is 97.7 Å². The maximum Gasteiger partial charge on any atom is 0.260 e. The number of nitrogens with zero attached hydrogens (tertiary/aromatic N) is 7. The second-order valence-electron chi connectivity index (χ2n) is 27.3. The molecule has 0 saturated carbocycles. The number of piperazine rings is 1. The summed E-state index contributed by atoms with van der Waals surface area (Å²) in [5, 5.41) is 11.0. The minimum Gasteiger partial charge on any atom is -0.493 e. The summed E-state index contributed by atoms with van der Waals surface area (Å²) in [6.45, 7) is 15.7. The first kappa shape index (κ1) is 83.5. The van der Waals surface area contributed by atoms with Crippen LogP contribution in [0.5, 0.6) is 23.0 Å². The molecule has 0 aromatic heterocycles. The Labute approximate surface area is 646 Å². The van der Waals surface area contributed by atoms with Crippen molar-refractivity contribution in [3.63, 3.8) is 0 Å². The highest BCUT2D eigenvalue weighted by atomic mass is 16.6. The summed E-state index contributed by atoms with van der Waals surface area (Å²) in [6.07, 6.45) is 11.3. The zero-order chi connectivity index (χ0) is 78.4. The number of hydrogen-bond acceptors (Lipinski definition) is 24. The third-order valence-electron chi connectivity index (χ3n) is 19.0. The summed E-state index contributed by atoms with van der Waals surface area (Å²) in [5.74, 6) is -1.54. The van der Waals surface area contributed by atoms with Crippen LogP contribution in [0.25, 0.3) is 11.1 Å². The second-order valence-corrected chi connectivity index (χ2v) is 27.3. The van der Waals surface area contributed by atoms with E-state index in [1.807, 2.05) is 30.7 Å². The second kappa shape index (κ2) is 43.0. The average Bonchev–Trinajstić information content (AvgIpc) is 1.66. The molecule has 10 rings (SSSR count). The number of amides is 8. The molecule has 4 N–H and O–H groups in total. The quantitative estimate of drug-likeness (QED) is 0.0300. The van der Waals surface area contributed by atoms with Crippen LogP contribution in [0.4, 0.5) is 22.7 Å². The molecule has 1 fully saturated rings. The van der Waals surface area contributed by atoms with E-state index in [1.165, 1.54) is 32.1 Å². The molecule has 111 heavy (non-hydrogen) atoms. The molecule has 0 spiro atoms. The minimum absolute atomic E-state index is 0.0120. The Bertz CT molecular complexity index is 3970. The van der Waals surface area contributed by atoms with Crippen molar-refractivity contribution in [2.24, 2.45) is 15.9 Å². The lowest BCUT2D eigenvalue weighted by atomic mass is 10.0. The van der Waals surface area contributed by atoms with Crippen LogP contribution in [-0.2, 0) is 66.7 Å². The Hall–Kier alpha value is -9.96. The topological polar surface area (TPSA) is 336 Å². The van der Waals surface area contributed by atoms with E-state index in [4.69, 9.17) is 66.8 Å². The van der Waals surface area contributed by atoms with Gasteiger partial charge >= 0.3 is 0 Å². The molecule has 4 aromatic carbocycles. The fraction of sp³-hybridized carbons (Fsp3) is 0.500. The number of rotatable bonds is 47. The van der Waals surface area contributed by atoms with Gasteiger partial charge in [0.15, 0.2) is 23.0 Å². The Morgan fingerprint density at radius 1 is 0.505 bits per heavy atom. The molecule has 31 heteroatoms. The van der Waals surface area contributed by atoms with Crippen molar-refractivity contribution in [1.29, 1.82) is 0 Å². The third kappa shape index (κ3) is 24.5. The number of carbonyl (C=O) groups excluding carboxylic acids is 8. The van der Waals surface area contributed by atoms with E-state index in [0.717, 1.165) is 53.4 Å². The number of nitrogens with one attached hydrogen (secondary N) is 4. The van der Waals surface area contributed by atoms with Gasteiger partial charge in [0.1, 0.15) is 12.1 Å². The van der Waals surface area contributed by atoms with Crippen LogP contribution >= 0.6 is 0 Å². The zero-order valence-electron chi connectivity index (χ0n) is 64.1. The average molecular weight is 1540 g/mol. The molecule has 6 heterocycles. The molecule has 1 saturated heterocycles. The molecule has 4 atom stereocenters. The third-order valence-corrected chi connectivity index (χ3v) is 19.0. The lowest BCUT2D eigenvalue weighted by Gasteiger charge is -2.34. The highest BCUT2D eigenvalue weighted by Crippen LogP contribution is 2.42. The number of ether oxygens (including phenoxy) is 12. The maximum absolute atomic E-state index is 14.2. The lowest BCUT2D eigenvalue weighted by Crippen LogP contribution is -2.53. The molecule has 0 radical (unpaired) electrons. The van der Waals surface area contributed by atoms with Crippen molar-refractivity contribution in [1.82, 2.24) is 35.6 Å². The van der Waals surface area contributed by atoms with Crippen molar-refractivity contribution >= 4 is 93.6 Å². The number of carbonyl (C=O) groups is 8. The summed E-state index contributed by atoms with van der Waals surface area (Å²) in [7, 11) is 5.20. The first-order valence-electron chi connectivity index (χ1n) is 37.8. The number of hydrogen-bond donors (Lipinski definition) is 4. The largest absolute Gasteiger partial charge is 0.493 e. The van der Waals surface area contributed by atoms with Crippen LogP contribution in [0.2, 0.25) is 0 Å². The number of anilines is 2. The van der Waals surface area contributed by atoms with E-state index >= 15 is 0 Å². The highest BCUT2D eigenvalue weighted by molar-refractivity contribution is 6.13. The Morgan fingerprint density at radius 3 is 1.41 bits per heavy atom. The standard InChI is InChI=1S/C80H103N11O20/c1-54(2)76(86-73(93)19-28-102-30-32-104-34-36-106-38-40-108-42-43-109-41-39-107-37-35-105-33-31-103-29-20-81-72(92)18-21-89-74(94)16-17-75(89)95)78(97)84-55(3)77(96)85-60-12-8-56(9-13-60)58-44-62-50-82-66-48-70(68(100-5)46-64(66)79(98)90(62)52-58)110-26-7-27-111-71-49-67-65(47-69(71)101-6)80(99)91-53-59(45-63(91)51-83-67)57-10-14-61(15-11-57)88-24-22-87(4)23-25-88/h8-17,46-55,62-63,76H,7,18-45H2,1-6H3,(H,81,92)(H,84,97)(H,85,96)(H,86,93)/t55-,62-,63?,76?/m0/s1. The van der Waals surface area contributed by atoms with E-state index in [0.29, 0.717) is 169 Å². The van der Waals surface area contributed by atoms with E-state index in [-0.39, 0.29) is 87.4 Å². The zero-order valence-corrected chi connectivity index (χ0v) is 64.1. The van der Waals surface area contributed by atoms with Crippen LogP contribution in [0, 0.1) is 5.92 Å². The van der Waals surface area contributed by atoms with Gasteiger partial charge in [0.25, 0.3) is 23.6 Å². The minimum atomic E-state index is -0.944. The van der Waals surface area contributed by atoms with Gasteiger partial charge in [-0.1, -0.05) is 38.1 Å². The Balaban J connectivity index is 0.543. The van der Waals surface area contributed by atoms with Crippen LogP contribution in [0.15, 0.2) is 107 Å². The van der Waals surface area contributed by atoms with Gasteiger partial charge in [-0.25, -0.2) is 0 Å². The van der Waals surface area contributed by atoms with Crippen molar-refractivity contribution < 1.29 is 95.2 Å². The normalized spacial score (nSPS) is 17.0. The van der Waals surface area contributed by atoms with Gasteiger partial charge in [-0.2, -0.15) is 0 Å². The molecular formula is C80H103N11O20. The summed E-state index contributed by atoms with van der Waals surface area (Å²) >= 11 is 0. The van der Waals surface area contributed by atoms with Gasteiger partial charge in [0, 0.05) is 132 Å². The molecule has 8 amide bonds. The van der Waals surface area contributed by atoms with Crippen molar-refractivity contribution in [2.45, 2.75) is 77.0 Å². The van der Waals surface area contributed by atoms with Crippen molar-refractivity contribution in [3.05, 3.63) is 120 Å². The fourth-order valence-electron chi connectivity index (χ4n) is 12.7. The van der Waals surface area contributed by atoms with E-state index in [2.05, 4.69) is 62.4 Å². The molecule has 598 valence electrons. The Morgan fingerprint density at radius 2 is 0.955 bits per heavy atom. The van der Waals surface area contributed by atoms with Gasteiger partial charge in [0.05, 0.1) is 168 Å². The molecule has 2 unspecified atom stereocenters. The number of methoxy groups -OCH3 is 2. The fourth-order valence-corrected chi connectivity index (χ4v) is 12.7. The van der Waals surface area contributed by atoms with E-state index in [1.54, 1.807) is 73.2 Å². The number of imide groups is 1. The predicted octanol–water partition coefficient (Wildman–Crippen LogP) is 5.78. The summed E-state index contributed by atoms with van der Waals surface area (Å²) in [6, 6.07) is 20.1. The first-order valence-corrected chi connectivity index (χ1v) is 37.8. The SMILES string of the molecule is COc1cc2c(cc1OCCCOc1cc3c(cc1OC)C(=O)N1C=C(c4ccc(NC(=O)[C@H](C)NC(=O)C(NC(=O)CCOCCOCCOCCOCCOCCOCCOCCOCCNC(=O)CCN5C(=O)C=CC5=O)C(C)C)cc4)C[C@H]1C=N3)N=CC1CC(c3ccc(N4CCN(C)CC4)cc3)=CN1C2=O. The maximum atomic E-state index is 14.2. The Kier molecular flexibility index (Phi) is 32.4. The van der Waals surface area contributed by atoms with Gasteiger partial charge in [0.2, 0.25) is 23.6 Å².